The van der Waals surface area contributed by atoms with Crippen LogP contribution in [0.2, 0.25) is 0 Å². The van der Waals surface area contributed by atoms with E-state index in [1.165, 1.54) is 19.3 Å². The smallest absolute Gasteiger partial charge is 0.161 e. The summed E-state index contributed by atoms with van der Waals surface area (Å²) < 4.78 is 11.1. The summed E-state index contributed by atoms with van der Waals surface area (Å²) in [5.41, 5.74) is 6.99. The third-order valence-electron chi connectivity index (χ3n) is 4.23. The van der Waals surface area contributed by atoms with Crippen LogP contribution in [0.3, 0.4) is 0 Å². The second-order valence-corrected chi connectivity index (χ2v) is 5.87. The first-order valence-electron chi connectivity index (χ1n) is 7.79. The lowest BCUT2D eigenvalue weighted by atomic mass is 10.0. The van der Waals surface area contributed by atoms with Gasteiger partial charge >= 0.3 is 0 Å². The van der Waals surface area contributed by atoms with Gasteiger partial charge < -0.3 is 25.2 Å². The lowest BCUT2D eigenvalue weighted by Gasteiger charge is -2.31. The van der Waals surface area contributed by atoms with Crippen molar-refractivity contribution in [2.75, 3.05) is 32.8 Å². The van der Waals surface area contributed by atoms with Gasteiger partial charge in [0.2, 0.25) is 0 Å². The summed E-state index contributed by atoms with van der Waals surface area (Å²) in [7, 11) is 0. The minimum Gasteiger partial charge on any atom is -0.486 e. The molecule has 5 nitrogen and oxygen atoms in total. The van der Waals surface area contributed by atoms with Crippen molar-refractivity contribution in [2.45, 2.75) is 31.4 Å². The highest BCUT2D eigenvalue weighted by Gasteiger charge is 2.23. The van der Waals surface area contributed by atoms with Crippen LogP contribution in [-0.2, 0) is 0 Å². The number of benzene rings is 1. The molecule has 0 aliphatic carbocycles. The van der Waals surface area contributed by atoms with Crippen molar-refractivity contribution in [2.24, 2.45) is 5.73 Å². The zero-order chi connectivity index (χ0) is 14.7. The van der Waals surface area contributed by atoms with Crippen molar-refractivity contribution in [3.05, 3.63) is 23.8 Å². The minimum atomic E-state index is -0.678. The van der Waals surface area contributed by atoms with E-state index >= 15 is 0 Å². The molecule has 2 atom stereocenters. The molecule has 0 amide bonds. The van der Waals surface area contributed by atoms with Gasteiger partial charge in [-0.25, -0.2) is 0 Å². The standard InChI is InChI=1S/C16H24N2O3/c17-13(11-18-6-2-1-3-7-18)16(19)12-4-5-14-15(10-12)21-9-8-20-14/h4-5,10,13,16,19H,1-3,6-9,11,17H2/t13-,16-/m1/s1. The second kappa shape index (κ2) is 6.64. The number of piperidine rings is 1. The Balaban J connectivity index is 1.64. The Morgan fingerprint density at radius 1 is 1.10 bits per heavy atom. The Bertz CT molecular complexity index is 475. The first-order chi connectivity index (χ1) is 10.2. The fraction of sp³-hybridized carbons (Fsp3) is 0.625. The van der Waals surface area contributed by atoms with Gasteiger partial charge in [-0.3, -0.25) is 0 Å². The first kappa shape index (κ1) is 14.6. The molecular formula is C16H24N2O3. The Morgan fingerprint density at radius 2 is 1.81 bits per heavy atom. The molecule has 5 heteroatoms. The van der Waals surface area contributed by atoms with Gasteiger partial charge in [-0.1, -0.05) is 12.5 Å². The van der Waals surface area contributed by atoms with E-state index in [1.807, 2.05) is 18.2 Å². The molecule has 1 saturated heterocycles. The molecule has 1 aromatic carbocycles. The number of nitrogens with two attached hydrogens (primary N) is 1. The van der Waals surface area contributed by atoms with Crippen molar-refractivity contribution in [3.63, 3.8) is 0 Å². The van der Waals surface area contributed by atoms with Gasteiger partial charge in [0.25, 0.3) is 0 Å². The number of rotatable bonds is 4. The van der Waals surface area contributed by atoms with Crippen molar-refractivity contribution >= 4 is 0 Å². The largest absolute Gasteiger partial charge is 0.486 e. The van der Waals surface area contributed by atoms with Gasteiger partial charge in [0.15, 0.2) is 11.5 Å². The molecule has 1 fully saturated rings. The van der Waals surface area contributed by atoms with Crippen LogP contribution >= 0.6 is 0 Å². The summed E-state index contributed by atoms with van der Waals surface area (Å²) in [5.74, 6) is 1.43. The van der Waals surface area contributed by atoms with Crippen LogP contribution in [0.15, 0.2) is 18.2 Å². The Kier molecular flexibility index (Phi) is 4.63. The zero-order valence-corrected chi connectivity index (χ0v) is 12.3. The second-order valence-electron chi connectivity index (χ2n) is 5.87. The van der Waals surface area contributed by atoms with Crippen molar-refractivity contribution < 1.29 is 14.6 Å². The molecule has 0 bridgehead atoms. The highest BCUT2D eigenvalue weighted by Crippen LogP contribution is 2.33. The van der Waals surface area contributed by atoms with Crippen molar-refractivity contribution in [3.8, 4) is 11.5 Å². The van der Waals surface area contributed by atoms with E-state index < -0.39 is 6.10 Å². The SMILES string of the molecule is N[C@H](CN1CCCCC1)[C@H](O)c1ccc2c(c1)OCCO2. The number of likely N-dealkylation sites (tertiary alicyclic amines) is 1. The van der Waals surface area contributed by atoms with Crippen LogP contribution in [0.5, 0.6) is 11.5 Å². The maximum absolute atomic E-state index is 10.5. The Morgan fingerprint density at radius 3 is 2.57 bits per heavy atom. The molecule has 0 unspecified atom stereocenters. The predicted octanol–water partition coefficient (Wildman–Crippen LogP) is 1.30. The van der Waals surface area contributed by atoms with E-state index in [0.717, 1.165) is 30.9 Å². The van der Waals surface area contributed by atoms with Crippen LogP contribution in [0, 0.1) is 0 Å². The fourth-order valence-electron chi connectivity index (χ4n) is 3.03. The highest BCUT2D eigenvalue weighted by molar-refractivity contribution is 5.44. The average molecular weight is 292 g/mol. The summed E-state index contributed by atoms with van der Waals surface area (Å²) in [4.78, 5) is 2.34. The van der Waals surface area contributed by atoms with E-state index in [4.69, 9.17) is 15.2 Å². The van der Waals surface area contributed by atoms with Gasteiger partial charge in [-0.2, -0.15) is 0 Å². The lowest BCUT2D eigenvalue weighted by molar-refractivity contribution is 0.110. The van der Waals surface area contributed by atoms with Crippen LogP contribution in [0.4, 0.5) is 0 Å². The van der Waals surface area contributed by atoms with E-state index in [0.29, 0.717) is 19.0 Å². The third kappa shape index (κ3) is 3.48. The molecule has 21 heavy (non-hydrogen) atoms. The molecular weight excluding hydrogens is 268 g/mol. The van der Waals surface area contributed by atoms with E-state index in [1.54, 1.807) is 0 Å². The molecule has 0 radical (unpaired) electrons. The van der Waals surface area contributed by atoms with Crippen LogP contribution in [-0.4, -0.2) is 48.9 Å². The third-order valence-corrected chi connectivity index (χ3v) is 4.23. The molecule has 116 valence electrons. The van der Waals surface area contributed by atoms with Crippen LogP contribution < -0.4 is 15.2 Å². The number of aliphatic hydroxyl groups excluding tert-OH is 1. The normalized spacial score (nSPS) is 21.8. The zero-order valence-electron chi connectivity index (χ0n) is 12.3. The van der Waals surface area contributed by atoms with Gasteiger partial charge in [-0.15, -0.1) is 0 Å². The molecule has 3 N–H and O–H groups in total. The number of hydrogen-bond acceptors (Lipinski definition) is 5. The van der Waals surface area contributed by atoms with E-state index in [-0.39, 0.29) is 6.04 Å². The van der Waals surface area contributed by atoms with Gasteiger partial charge in [0.05, 0.1) is 6.10 Å². The highest BCUT2D eigenvalue weighted by atomic mass is 16.6. The summed E-state index contributed by atoms with van der Waals surface area (Å²) in [6.07, 6.45) is 3.08. The number of hydrogen-bond donors (Lipinski definition) is 2. The molecule has 2 heterocycles. The lowest BCUT2D eigenvalue weighted by Crippen LogP contribution is -2.43. The number of ether oxygens (including phenoxy) is 2. The van der Waals surface area contributed by atoms with E-state index in [9.17, 15) is 5.11 Å². The predicted molar refractivity (Wildman–Crippen MR) is 80.7 cm³/mol. The molecule has 2 aliphatic rings. The minimum absolute atomic E-state index is 0.286. The van der Waals surface area contributed by atoms with Gasteiger partial charge in [0.1, 0.15) is 13.2 Å². The quantitative estimate of drug-likeness (QED) is 0.875. The van der Waals surface area contributed by atoms with Crippen molar-refractivity contribution in [1.82, 2.24) is 4.90 Å². The average Bonchev–Trinajstić information content (AvgIpc) is 2.54. The van der Waals surface area contributed by atoms with Crippen molar-refractivity contribution in [1.29, 1.82) is 0 Å². The van der Waals surface area contributed by atoms with E-state index in [2.05, 4.69) is 4.90 Å². The number of nitrogens with zero attached hydrogens (tertiary/aromatic N) is 1. The summed E-state index contributed by atoms with van der Waals surface area (Å²) in [5, 5.41) is 10.5. The van der Waals surface area contributed by atoms with Crippen LogP contribution in [0.25, 0.3) is 0 Å². The van der Waals surface area contributed by atoms with Gasteiger partial charge in [-0.05, 0) is 43.6 Å². The molecule has 0 saturated carbocycles. The Labute approximate surface area is 125 Å². The first-order valence-corrected chi connectivity index (χ1v) is 7.79. The van der Waals surface area contributed by atoms with Crippen LogP contribution in [0.1, 0.15) is 30.9 Å². The maximum atomic E-state index is 10.5. The molecule has 0 spiro atoms. The Hall–Kier alpha value is -1.30. The fourth-order valence-corrected chi connectivity index (χ4v) is 3.03. The molecule has 2 aliphatic heterocycles. The summed E-state index contributed by atoms with van der Waals surface area (Å²) >= 11 is 0. The number of aliphatic hydroxyl groups is 1. The monoisotopic (exact) mass is 292 g/mol. The topological polar surface area (TPSA) is 68.0 Å². The summed E-state index contributed by atoms with van der Waals surface area (Å²) in [6, 6.07) is 5.27. The molecule has 0 aromatic heterocycles. The molecule has 1 aromatic rings. The summed E-state index contributed by atoms with van der Waals surface area (Å²) in [6.45, 7) is 4.02. The molecule has 3 rings (SSSR count). The van der Waals surface area contributed by atoms with Gasteiger partial charge in [0, 0.05) is 12.6 Å². The number of fused-ring (bicyclic) bond motifs is 1. The maximum Gasteiger partial charge on any atom is 0.161 e.